The molecule has 1 aromatic rings. The van der Waals surface area contributed by atoms with Gasteiger partial charge in [-0.05, 0) is 12.1 Å². The summed E-state index contributed by atoms with van der Waals surface area (Å²) in [6, 6.07) is 5.62. The van der Waals surface area contributed by atoms with Gasteiger partial charge in [-0.1, -0.05) is 38.0 Å². The quantitative estimate of drug-likeness (QED) is 0.650. The van der Waals surface area contributed by atoms with Crippen LogP contribution in [0.4, 0.5) is 0 Å². The predicted octanol–water partition coefficient (Wildman–Crippen LogP) is 3.46. The molecule has 2 heteroatoms. The maximum atomic E-state index is 5.50. The van der Waals surface area contributed by atoms with E-state index in [0.717, 1.165) is 17.1 Å². The topological polar surface area (TPSA) is 18.5 Å². The molecule has 2 nitrogen and oxygen atoms in total. The number of hydrogen-bond donors (Lipinski definition) is 0. The van der Waals surface area contributed by atoms with E-state index in [1.165, 1.54) is 0 Å². The summed E-state index contributed by atoms with van der Waals surface area (Å²) >= 11 is 0. The third kappa shape index (κ3) is 3.31. The molecule has 84 valence electrons. The Morgan fingerprint density at radius 2 is 1.69 bits per heavy atom. The van der Waals surface area contributed by atoms with Crippen LogP contribution in [0.2, 0.25) is 0 Å². The molecular formula is C14H16O2. The van der Waals surface area contributed by atoms with Crippen LogP contribution in [-0.2, 0) is 0 Å². The molecule has 0 fully saturated rings. The van der Waals surface area contributed by atoms with Crippen LogP contribution in [0, 0.1) is 0 Å². The van der Waals surface area contributed by atoms with E-state index in [4.69, 9.17) is 9.47 Å². The smallest absolute Gasteiger partial charge is 0.130 e. The van der Waals surface area contributed by atoms with E-state index in [1.807, 2.05) is 18.2 Å². The van der Waals surface area contributed by atoms with E-state index in [9.17, 15) is 0 Å². The number of benzene rings is 1. The molecule has 0 saturated carbocycles. The molecule has 0 N–H and O–H groups in total. The minimum Gasteiger partial charge on any atom is -0.489 e. The normalized spacial score (nSPS) is 9.25. The van der Waals surface area contributed by atoms with Gasteiger partial charge in [0.1, 0.15) is 24.7 Å². The van der Waals surface area contributed by atoms with Gasteiger partial charge in [0, 0.05) is 11.6 Å². The van der Waals surface area contributed by atoms with Gasteiger partial charge in [0.05, 0.1) is 0 Å². The molecule has 16 heavy (non-hydrogen) atoms. The third-order valence-corrected chi connectivity index (χ3v) is 1.93. The maximum Gasteiger partial charge on any atom is 0.130 e. The van der Waals surface area contributed by atoms with Crippen LogP contribution in [0.1, 0.15) is 5.56 Å². The van der Waals surface area contributed by atoms with Gasteiger partial charge in [-0.25, -0.2) is 0 Å². The number of ether oxygens (including phenoxy) is 2. The lowest BCUT2D eigenvalue weighted by Crippen LogP contribution is -1.97. The Morgan fingerprint density at radius 1 is 1.00 bits per heavy atom. The molecule has 0 spiro atoms. The zero-order valence-corrected chi connectivity index (χ0v) is 9.32. The van der Waals surface area contributed by atoms with Gasteiger partial charge in [0.25, 0.3) is 0 Å². The van der Waals surface area contributed by atoms with Crippen molar-refractivity contribution in [3.63, 3.8) is 0 Å². The second-order valence-electron chi connectivity index (χ2n) is 3.10. The highest BCUT2D eigenvalue weighted by Gasteiger charge is 2.02. The van der Waals surface area contributed by atoms with Crippen LogP contribution in [0.5, 0.6) is 11.5 Å². The Hall–Kier alpha value is -1.96. The summed E-state index contributed by atoms with van der Waals surface area (Å²) in [5.41, 5.74) is 0.938. The van der Waals surface area contributed by atoms with Crippen LogP contribution >= 0.6 is 0 Å². The van der Waals surface area contributed by atoms with Crippen LogP contribution < -0.4 is 9.47 Å². The van der Waals surface area contributed by atoms with Gasteiger partial charge < -0.3 is 9.47 Å². The highest BCUT2D eigenvalue weighted by molar-refractivity contribution is 5.57. The Morgan fingerprint density at radius 3 is 2.31 bits per heavy atom. The van der Waals surface area contributed by atoms with E-state index >= 15 is 0 Å². The Bertz CT molecular complexity index is 380. The van der Waals surface area contributed by atoms with Crippen molar-refractivity contribution >= 4 is 6.08 Å². The zero-order valence-electron chi connectivity index (χ0n) is 9.32. The fourth-order valence-electron chi connectivity index (χ4n) is 1.20. The van der Waals surface area contributed by atoms with E-state index in [-0.39, 0.29) is 0 Å². The first-order chi connectivity index (χ1) is 7.81. The van der Waals surface area contributed by atoms with Crippen molar-refractivity contribution in [2.75, 3.05) is 13.2 Å². The summed E-state index contributed by atoms with van der Waals surface area (Å²) in [7, 11) is 0. The van der Waals surface area contributed by atoms with Gasteiger partial charge in [-0.3, -0.25) is 0 Å². The molecule has 0 amide bonds. The highest BCUT2D eigenvalue weighted by atomic mass is 16.5. The summed E-state index contributed by atoms with van der Waals surface area (Å²) in [6.45, 7) is 11.9. The summed E-state index contributed by atoms with van der Waals surface area (Å²) in [5.74, 6) is 1.50. The van der Waals surface area contributed by atoms with Crippen molar-refractivity contribution in [1.29, 1.82) is 0 Å². The first-order valence-electron chi connectivity index (χ1n) is 5.05. The molecule has 0 bridgehead atoms. The van der Waals surface area contributed by atoms with E-state index in [0.29, 0.717) is 13.2 Å². The lowest BCUT2D eigenvalue weighted by Gasteiger charge is -2.10. The first-order valence-corrected chi connectivity index (χ1v) is 5.05. The van der Waals surface area contributed by atoms with Crippen molar-refractivity contribution in [2.45, 2.75) is 0 Å². The van der Waals surface area contributed by atoms with Gasteiger partial charge in [-0.15, -0.1) is 0 Å². The van der Waals surface area contributed by atoms with Crippen molar-refractivity contribution in [3.05, 3.63) is 55.7 Å². The van der Waals surface area contributed by atoms with Crippen LogP contribution in [0.25, 0.3) is 6.08 Å². The van der Waals surface area contributed by atoms with Crippen molar-refractivity contribution in [1.82, 2.24) is 0 Å². The van der Waals surface area contributed by atoms with Crippen LogP contribution in [0.3, 0.4) is 0 Å². The fraction of sp³-hybridized carbons (Fsp3) is 0.143. The Labute approximate surface area is 96.5 Å². The molecule has 0 aliphatic rings. The van der Waals surface area contributed by atoms with E-state index in [1.54, 1.807) is 18.2 Å². The van der Waals surface area contributed by atoms with Gasteiger partial charge in [0.2, 0.25) is 0 Å². The minimum absolute atomic E-state index is 0.464. The van der Waals surface area contributed by atoms with E-state index < -0.39 is 0 Å². The standard InChI is InChI=1S/C14H16O2/c1-4-9-15-13-8-7-12(6-3)14(11-13)16-10-5-2/h4-8,11H,1-3,9-10H2. The SMILES string of the molecule is C=CCOc1ccc(C=C)c(OCC=C)c1. The fourth-order valence-corrected chi connectivity index (χ4v) is 1.20. The second kappa shape index (κ2) is 6.51. The summed E-state index contributed by atoms with van der Waals surface area (Å²) in [5, 5.41) is 0. The molecule has 1 aromatic carbocycles. The average molecular weight is 216 g/mol. The maximum absolute atomic E-state index is 5.50. The molecular weight excluding hydrogens is 200 g/mol. The Balaban J connectivity index is 2.86. The zero-order chi connectivity index (χ0) is 11.8. The van der Waals surface area contributed by atoms with Gasteiger partial charge in [-0.2, -0.15) is 0 Å². The summed E-state index contributed by atoms with van der Waals surface area (Å²) in [4.78, 5) is 0. The molecule has 0 heterocycles. The number of hydrogen-bond acceptors (Lipinski definition) is 2. The van der Waals surface area contributed by atoms with Crippen molar-refractivity contribution in [2.24, 2.45) is 0 Å². The molecule has 0 aliphatic carbocycles. The third-order valence-electron chi connectivity index (χ3n) is 1.93. The highest BCUT2D eigenvalue weighted by Crippen LogP contribution is 2.25. The van der Waals surface area contributed by atoms with Gasteiger partial charge >= 0.3 is 0 Å². The molecule has 0 atom stereocenters. The van der Waals surface area contributed by atoms with E-state index in [2.05, 4.69) is 19.7 Å². The van der Waals surface area contributed by atoms with Crippen molar-refractivity contribution < 1.29 is 9.47 Å². The van der Waals surface area contributed by atoms with Gasteiger partial charge in [0.15, 0.2) is 0 Å². The predicted molar refractivity (Wildman–Crippen MR) is 67.9 cm³/mol. The lowest BCUT2D eigenvalue weighted by atomic mass is 10.2. The molecule has 0 unspecified atom stereocenters. The van der Waals surface area contributed by atoms with Crippen molar-refractivity contribution in [3.8, 4) is 11.5 Å². The largest absolute Gasteiger partial charge is 0.489 e. The Kier molecular flexibility index (Phi) is 4.93. The second-order valence-corrected chi connectivity index (χ2v) is 3.10. The summed E-state index contributed by atoms with van der Waals surface area (Å²) in [6.07, 6.45) is 5.14. The molecule has 0 aromatic heterocycles. The van der Waals surface area contributed by atoms with Crippen LogP contribution in [-0.4, -0.2) is 13.2 Å². The lowest BCUT2D eigenvalue weighted by molar-refractivity contribution is 0.344. The first kappa shape index (κ1) is 12.1. The average Bonchev–Trinajstić information content (AvgIpc) is 2.33. The summed E-state index contributed by atoms with van der Waals surface area (Å²) < 4.78 is 10.9. The van der Waals surface area contributed by atoms with Crippen LogP contribution in [0.15, 0.2) is 50.1 Å². The monoisotopic (exact) mass is 216 g/mol. The minimum atomic E-state index is 0.464. The molecule has 0 aliphatic heterocycles. The molecule has 0 saturated heterocycles. The molecule has 1 rings (SSSR count). The molecule has 0 radical (unpaired) electrons. The number of rotatable bonds is 7.